The minimum Gasteiger partial charge on any atom is -0.356 e. The number of carbonyl (C=O) groups excluding carboxylic acids is 2. The van der Waals surface area contributed by atoms with Gasteiger partial charge in [-0.3, -0.25) is 4.79 Å². The summed E-state index contributed by atoms with van der Waals surface area (Å²) in [4.78, 5) is 23.3. The number of hydrogen-bond acceptors (Lipinski definition) is 2. The van der Waals surface area contributed by atoms with E-state index in [1.807, 2.05) is 0 Å². The van der Waals surface area contributed by atoms with E-state index in [2.05, 4.69) is 29.8 Å². The molecule has 0 unspecified atom stereocenters. The van der Waals surface area contributed by atoms with E-state index in [0.717, 1.165) is 32.2 Å². The van der Waals surface area contributed by atoms with Crippen molar-refractivity contribution >= 4 is 11.9 Å². The van der Waals surface area contributed by atoms with Gasteiger partial charge >= 0.3 is 6.03 Å². The van der Waals surface area contributed by atoms with E-state index >= 15 is 0 Å². The number of carbonyl (C=O) groups is 2. The van der Waals surface area contributed by atoms with Gasteiger partial charge in [0.05, 0.1) is 0 Å². The molecule has 0 atom stereocenters. The summed E-state index contributed by atoms with van der Waals surface area (Å²) in [7, 11) is 0. The van der Waals surface area contributed by atoms with Gasteiger partial charge in [0.15, 0.2) is 0 Å². The highest BCUT2D eigenvalue weighted by molar-refractivity contribution is 5.76. The van der Waals surface area contributed by atoms with Crippen LogP contribution in [-0.4, -0.2) is 31.1 Å². The van der Waals surface area contributed by atoms with Gasteiger partial charge in [-0.25, -0.2) is 4.79 Å². The summed E-state index contributed by atoms with van der Waals surface area (Å²) < 4.78 is 0. The molecule has 0 aromatic rings. The summed E-state index contributed by atoms with van der Waals surface area (Å²) in [5.41, 5.74) is 0. The zero-order valence-corrected chi connectivity index (χ0v) is 14.2. The molecule has 3 N–H and O–H groups in total. The van der Waals surface area contributed by atoms with Crippen molar-refractivity contribution in [1.29, 1.82) is 0 Å². The maximum atomic E-state index is 11.7. The lowest BCUT2D eigenvalue weighted by atomic mass is 9.96. The van der Waals surface area contributed by atoms with Gasteiger partial charge < -0.3 is 16.0 Å². The minimum atomic E-state index is -0.0933. The smallest absolute Gasteiger partial charge is 0.315 e. The number of nitrogens with one attached hydrogen (secondary N) is 3. The van der Waals surface area contributed by atoms with Gasteiger partial charge in [-0.1, -0.05) is 33.1 Å². The van der Waals surface area contributed by atoms with Crippen molar-refractivity contribution in [2.75, 3.05) is 13.1 Å². The molecule has 1 aliphatic rings. The van der Waals surface area contributed by atoms with Crippen LogP contribution in [0.25, 0.3) is 0 Å². The van der Waals surface area contributed by atoms with Gasteiger partial charge in [0.2, 0.25) is 5.91 Å². The van der Waals surface area contributed by atoms with E-state index in [-0.39, 0.29) is 11.9 Å². The average Bonchev–Trinajstić information content (AvgIpc) is 2.49. The fourth-order valence-corrected chi connectivity index (χ4v) is 2.76. The third-order valence-corrected chi connectivity index (χ3v) is 4.09. The van der Waals surface area contributed by atoms with Crippen LogP contribution in [-0.2, 0) is 4.79 Å². The van der Waals surface area contributed by atoms with Gasteiger partial charge in [-0.05, 0) is 38.0 Å². The number of amides is 3. The van der Waals surface area contributed by atoms with Crippen LogP contribution in [0, 0.1) is 5.92 Å². The molecular weight excluding hydrogens is 278 g/mol. The van der Waals surface area contributed by atoms with E-state index in [1.54, 1.807) is 0 Å². The Labute approximate surface area is 135 Å². The molecule has 5 nitrogen and oxygen atoms in total. The summed E-state index contributed by atoms with van der Waals surface area (Å²) in [6, 6.07) is 0.238. The molecule has 5 heteroatoms. The fourth-order valence-electron chi connectivity index (χ4n) is 2.76. The van der Waals surface area contributed by atoms with Crippen LogP contribution in [0.4, 0.5) is 4.79 Å². The second kappa shape index (κ2) is 11.3. The predicted octanol–water partition coefficient (Wildman–Crippen LogP) is 2.95. The molecule has 0 saturated heterocycles. The highest BCUT2D eigenvalue weighted by atomic mass is 16.2. The van der Waals surface area contributed by atoms with Crippen LogP contribution >= 0.6 is 0 Å². The number of hydrogen-bond donors (Lipinski definition) is 3. The number of urea groups is 1. The topological polar surface area (TPSA) is 70.2 Å². The molecule has 0 radical (unpaired) electrons. The summed E-state index contributed by atoms with van der Waals surface area (Å²) in [5.74, 6) is 0.766. The normalized spacial score (nSPS) is 15.6. The van der Waals surface area contributed by atoms with Crippen molar-refractivity contribution in [3.05, 3.63) is 0 Å². The second-order valence-electron chi connectivity index (χ2n) is 6.72. The molecule has 1 rings (SSSR count). The Hall–Kier alpha value is -1.26. The van der Waals surface area contributed by atoms with E-state index in [4.69, 9.17) is 0 Å². The summed E-state index contributed by atoms with van der Waals surface area (Å²) in [5, 5.41) is 8.77. The largest absolute Gasteiger partial charge is 0.356 e. The molecule has 128 valence electrons. The first-order valence-electron chi connectivity index (χ1n) is 8.89. The first-order valence-corrected chi connectivity index (χ1v) is 8.89. The quantitative estimate of drug-likeness (QED) is 0.573. The van der Waals surface area contributed by atoms with Crippen molar-refractivity contribution in [3.8, 4) is 0 Å². The Morgan fingerprint density at radius 2 is 1.68 bits per heavy atom. The van der Waals surface area contributed by atoms with E-state index in [0.29, 0.717) is 31.3 Å². The van der Waals surface area contributed by atoms with Crippen molar-refractivity contribution < 1.29 is 9.59 Å². The molecule has 0 spiro atoms. The second-order valence-corrected chi connectivity index (χ2v) is 6.72. The van der Waals surface area contributed by atoms with E-state index in [1.165, 1.54) is 19.3 Å². The van der Waals surface area contributed by atoms with Crippen LogP contribution < -0.4 is 16.0 Å². The lowest BCUT2D eigenvalue weighted by molar-refractivity contribution is -0.121. The fraction of sp³-hybridized carbons (Fsp3) is 0.882. The van der Waals surface area contributed by atoms with Crippen LogP contribution in [0.2, 0.25) is 0 Å². The lowest BCUT2D eigenvalue weighted by Gasteiger charge is -2.22. The first-order chi connectivity index (χ1) is 10.6. The summed E-state index contributed by atoms with van der Waals surface area (Å²) in [6.07, 6.45) is 9.22. The van der Waals surface area contributed by atoms with Crippen LogP contribution in [0.3, 0.4) is 0 Å². The SMILES string of the molecule is CC(C)CCCNC(=O)CCCNC(=O)NC1CCCCC1. The summed E-state index contributed by atoms with van der Waals surface area (Å²) >= 11 is 0. The molecular formula is C17H33N3O2. The first kappa shape index (κ1) is 18.8. The Morgan fingerprint density at radius 1 is 1.00 bits per heavy atom. The molecule has 0 aromatic carbocycles. The Bertz CT molecular complexity index is 326. The lowest BCUT2D eigenvalue weighted by Crippen LogP contribution is -2.43. The predicted molar refractivity (Wildman–Crippen MR) is 89.7 cm³/mol. The van der Waals surface area contributed by atoms with Gasteiger partial charge in [-0.2, -0.15) is 0 Å². The van der Waals surface area contributed by atoms with Gasteiger partial charge in [0.25, 0.3) is 0 Å². The van der Waals surface area contributed by atoms with E-state index in [9.17, 15) is 9.59 Å². The molecule has 0 aliphatic heterocycles. The molecule has 0 heterocycles. The minimum absolute atomic E-state index is 0.0817. The van der Waals surface area contributed by atoms with E-state index < -0.39 is 0 Å². The zero-order valence-electron chi connectivity index (χ0n) is 14.2. The third-order valence-electron chi connectivity index (χ3n) is 4.09. The van der Waals surface area contributed by atoms with Crippen LogP contribution in [0.15, 0.2) is 0 Å². The molecule has 1 saturated carbocycles. The van der Waals surface area contributed by atoms with Crippen LogP contribution in [0.1, 0.15) is 71.6 Å². The third kappa shape index (κ3) is 9.64. The van der Waals surface area contributed by atoms with Gasteiger partial charge in [-0.15, -0.1) is 0 Å². The molecule has 0 bridgehead atoms. The standard InChI is InChI=1S/C17H33N3O2/c1-14(2)8-6-12-18-16(21)11-7-13-19-17(22)20-15-9-4-3-5-10-15/h14-15H,3-13H2,1-2H3,(H,18,21)(H2,19,20,22). The van der Waals surface area contributed by atoms with Crippen LogP contribution in [0.5, 0.6) is 0 Å². The maximum Gasteiger partial charge on any atom is 0.315 e. The van der Waals surface area contributed by atoms with Crippen molar-refractivity contribution in [2.45, 2.75) is 77.7 Å². The Kier molecular flexibility index (Phi) is 9.67. The highest BCUT2D eigenvalue weighted by Gasteiger charge is 2.15. The van der Waals surface area contributed by atoms with Crippen molar-refractivity contribution in [2.24, 2.45) is 5.92 Å². The molecule has 0 aromatic heterocycles. The maximum absolute atomic E-state index is 11.7. The van der Waals surface area contributed by atoms with Gasteiger partial charge in [0.1, 0.15) is 0 Å². The zero-order chi connectivity index (χ0) is 16.2. The molecule has 1 fully saturated rings. The average molecular weight is 311 g/mol. The summed E-state index contributed by atoms with van der Waals surface area (Å²) in [6.45, 7) is 5.68. The number of rotatable bonds is 9. The molecule has 22 heavy (non-hydrogen) atoms. The monoisotopic (exact) mass is 311 g/mol. The molecule has 1 aliphatic carbocycles. The highest BCUT2D eigenvalue weighted by Crippen LogP contribution is 2.17. The Morgan fingerprint density at radius 3 is 2.36 bits per heavy atom. The Balaban J connectivity index is 1.95. The van der Waals surface area contributed by atoms with Crippen molar-refractivity contribution in [3.63, 3.8) is 0 Å². The van der Waals surface area contributed by atoms with Gasteiger partial charge in [0, 0.05) is 25.6 Å². The van der Waals surface area contributed by atoms with Crippen molar-refractivity contribution in [1.82, 2.24) is 16.0 Å². The molecule has 3 amide bonds.